The summed E-state index contributed by atoms with van der Waals surface area (Å²) in [6.45, 7) is 3.32. The molecule has 0 spiro atoms. The molecule has 3 N–H and O–H groups in total. The van der Waals surface area contributed by atoms with Crippen molar-refractivity contribution in [2.45, 2.75) is 25.2 Å². The molecule has 0 aliphatic rings. The first-order chi connectivity index (χ1) is 12.6. The molecular weight excluding hydrogens is 398 g/mol. The van der Waals surface area contributed by atoms with Crippen LogP contribution in [-0.2, 0) is 24.3 Å². The molecule has 1 aromatic carbocycles. The van der Waals surface area contributed by atoms with E-state index in [2.05, 4.69) is 14.8 Å². The Balaban J connectivity index is 2.31. The zero-order chi connectivity index (χ0) is 20.4. The van der Waals surface area contributed by atoms with Crippen LogP contribution in [0.2, 0.25) is 5.02 Å². The summed E-state index contributed by atoms with van der Waals surface area (Å²) in [7, 11) is -3.81. The van der Waals surface area contributed by atoms with Gasteiger partial charge in [-0.15, -0.1) is 0 Å². The minimum Gasteiger partial charge on any atom is -0.456 e. The second kappa shape index (κ2) is 10.9. The van der Waals surface area contributed by atoms with E-state index in [1.807, 2.05) is 19.2 Å². The minimum absolute atomic E-state index is 0.0323. The molecule has 3 amide bonds. The van der Waals surface area contributed by atoms with E-state index in [1.165, 1.54) is 24.3 Å². The number of sulfonamides is 1. The maximum absolute atomic E-state index is 12.0. The van der Waals surface area contributed by atoms with Crippen LogP contribution in [0.25, 0.3) is 0 Å². The molecule has 0 fully saturated rings. The van der Waals surface area contributed by atoms with Crippen LogP contribution >= 0.6 is 11.6 Å². The van der Waals surface area contributed by atoms with E-state index in [0.29, 0.717) is 6.54 Å². The van der Waals surface area contributed by atoms with Gasteiger partial charge in [0.25, 0.3) is 5.91 Å². The lowest BCUT2D eigenvalue weighted by atomic mass is 10.2. The summed E-state index contributed by atoms with van der Waals surface area (Å²) in [6, 6.07) is 4.98. The van der Waals surface area contributed by atoms with E-state index >= 15 is 0 Å². The fourth-order valence-corrected chi connectivity index (χ4v) is 3.06. The molecule has 11 heteroatoms. The standard InChI is InChI=1S/C16H22ClN3O6S/c1-11(2)9-18-16(23)20-14(21)10-26-15(22)6-7-19-27(24,25)13-5-3-4-12(17)8-13/h3-5,8,11,19H,6-7,9-10H2,1-2H3,(H2,18,20,21,23). The average molecular weight is 420 g/mol. The summed E-state index contributed by atoms with van der Waals surface area (Å²) in [4.78, 5) is 34.4. The van der Waals surface area contributed by atoms with E-state index < -0.39 is 34.5 Å². The lowest BCUT2D eigenvalue weighted by molar-refractivity contribution is -0.148. The van der Waals surface area contributed by atoms with Crippen molar-refractivity contribution in [3.05, 3.63) is 29.3 Å². The van der Waals surface area contributed by atoms with Gasteiger partial charge in [-0.3, -0.25) is 14.9 Å². The van der Waals surface area contributed by atoms with Gasteiger partial charge in [0, 0.05) is 18.1 Å². The van der Waals surface area contributed by atoms with E-state index in [9.17, 15) is 22.8 Å². The van der Waals surface area contributed by atoms with Gasteiger partial charge in [0.05, 0.1) is 11.3 Å². The molecule has 0 heterocycles. The fourth-order valence-electron chi connectivity index (χ4n) is 1.73. The van der Waals surface area contributed by atoms with Gasteiger partial charge in [-0.25, -0.2) is 17.9 Å². The predicted octanol–water partition coefficient (Wildman–Crippen LogP) is 1.03. The van der Waals surface area contributed by atoms with Crippen LogP contribution in [-0.4, -0.2) is 46.0 Å². The smallest absolute Gasteiger partial charge is 0.321 e. The Labute approximate surface area is 162 Å². The Morgan fingerprint density at radius 3 is 2.56 bits per heavy atom. The molecule has 0 unspecified atom stereocenters. The van der Waals surface area contributed by atoms with Crippen molar-refractivity contribution >= 4 is 39.5 Å². The van der Waals surface area contributed by atoms with Crippen LogP contribution in [0.1, 0.15) is 20.3 Å². The third-order valence-corrected chi connectivity index (χ3v) is 4.71. The maximum atomic E-state index is 12.0. The zero-order valence-electron chi connectivity index (χ0n) is 15.0. The fraction of sp³-hybridized carbons (Fsp3) is 0.438. The highest BCUT2D eigenvalue weighted by atomic mass is 35.5. The molecule has 1 rings (SSSR count). The van der Waals surface area contributed by atoms with Gasteiger partial charge >= 0.3 is 12.0 Å². The monoisotopic (exact) mass is 419 g/mol. The van der Waals surface area contributed by atoms with Gasteiger partial charge in [0.15, 0.2) is 6.61 Å². The second-order valence-corrected chi connectivity index (χ2v) is 8.12. The van der Waals surface area contributed by atoms with Gasteiger partial charge in [-0.1, -0.05) is 31.5 Å². The van der Waals surface area contributed by atoms with Crippen molar-refractivity contribution in [1.82, 2.24) is 15.4 Å². The van der Waals surface area contributed by atoms with Crippen LogP contribution in [0.5, 0.6) is 0 Å². The number of benzene rings is 1. The number of esters is 1. The van der Waals surface area contributed by atoms with Crippen molar-refractivity contribution in [3.8, 4) is 0 Å². The third-order valence-electron chi connectivity index (χ3n) is 3.02. The van der Waals surface area contributed by atoms with Crippen molar-refractivity contribution < 1.29 is 27.5 Å². The molecule has 1 aromatic rings. The number of halogens is 1. The summed E-state index contributed by atoms with van der Waals surface area (Å²) in [6.07, 6.45) is -0.285. The Kier molecular flexibility index (Phi) is 9.19. The molecule has 0 atom stereocenters. The first-order valence-corrected chi connectivity index (χ1v) is 9.95. The predicted molar refractivity (Wildman–Crippen MR) is 98.6 cm³/mol. The number of urea groups is 1. The quantitative estimate of drug-likeness (QED) is 0.512. The summed E-state index contributed by atoms with van der Waals surface area (Å²) >= 11 is 5.74. The first-order valence-electron chi connectivity index (χ1n) is 8.08. The molecule has 150 valence electrons. The number of rotatable bonds is 9. The number of carbonyl (C=O) groups is 3. The Morgan fingerprint density at radius 1 is 1.22 bits per heavy atom. The van der Waals surface area contributed by atoms with Crippen molar-refractivity contribution in [2.24, 2.45) is 5.92 Å². The highest BCUT2D eigenvalue weighted by Gasteiger charge is 2.15. The van der Waals surface area contributed by atoms with Crippen molar-refractivity contribution in [2.75, 3.05) is 19.7 Å². The first kappa shape index (κ1) is 22.9. The Morgan fingerprint density at radius 2 is 1.93 bits per heavy atom. The Hall–Kier alpha value is -2.17. The van der Waals surface area contributed by atoms with E-state index in [0.717, 1.165) is 0 Å². The second-order valence-electron chi connectivity index (χ2n) is 5.92. The SMILES string of the molecule is CC(C)CNC(=O)NC(=O)COC(=O)CCNS(=O)(=O)c1cccc(Cl)c1. The van der Waals surface area contributed by atoms with Gasteiger partial charge in [0.1, 0.15) is 0 Å². The molecule has 0 bridgehead atoms. The molecule has 0 aliphatic carbocycles. The number of hydrogen-bond acceptors (Lipinski definition) is 6. The number of nitrogens with one attached hydrogen (secondary N) is 3. The number of imide groups is 1. The molecule has 27 heavy (non-hydrogen) atoms. The molecule has 0 aliphatic heterocycles. The van der Waals surface area contributed by atoms with Crippen LogP contribution in [0.3, 0.4) is 0 Å². The highest BCUT2D eigenvalue weighted by Crippen LogP contribution is 2.15. The largest absolute Gasteiger partial charge is 0.456 e. The zero-order valence-corrected chi connectivity index (χ0v) is 16.5. The lowest BCUT2D eigenvalue weighted by Crippen LogP contribution is -2.42. The van der Waals surface area contributed by atoms with Crippen LogP contribution < -0.4 is 15.4 Å². The molecule has 0 radical (unpaired) electrons. The van der Waals surface area contributed by atoms with Crippen molar-refractivity contribution in [1.29, 1.82) is 0 Å². The molecule has 0 saturated heterocycles. The number of amides is 3. The minimum atomic E-state index is -3.81. The van der Waals surface area contributed by atoms with E-state index in [4.69, 9.17) is 11.6 Å². The Bertz CT molecular complexity index is 782. The highest BCUT2D eigenvalue weighted by molar-refractivity contribution is 7.89. The molecule has 9 nitrogen and oxygen atoms in total. The topological polar surface area (TPSA) is 131 Å². The average Bonchev–Trinajstić information content (AvgIpc) is 2.58. The van der Waals surface area contributed by atoms with Gasteiger partial charge in [-0.2, -0.15) is 0 Å². The third kappa shape index (κ3) is 9.36. The maximum Gasteiger partial charge on any atom is 0.321 e. The van der Waals surface area contributed by atoms with Crippen molar-refractivity contribution in [3.63, 3.8) is 0 Å². The van der Waals surface area contributed by atoms with E-state index in [1.54, 1.807) is 0 Å². The summed E-state index contributed by atoms with van der Waals surface area (Å²) in [5.41, 5.74) is 0. The van der Waals surface area contributed by atoms with Gasteiger partial charge < -0.3 is 10.1 Å². The van der Waals surface area contributed by atoms with Crippen LogP contribution in [0, 0.1) is 5.92 Å². The molecule has 0 aromatic heterocycles. The number of carbonyl (C=O) groups excluding carboxylic acids is 3. The number of hydrogen-bond donors (Lipinski definition) is 3. The summed E-state index contributed by atoms with van der Waals surface area (Å²) in [5, 5.41) is 4.75. The van der Waals surface area contributed by atoms with Gasteiger partial charge in [0.2, 0.25) is 10.0 Å². The van der Waals surface area contributed by atoms with Crippen LogP contribution in [0.4, 0.5) is 4.79 Å². The number of ether oxygens (including phenoxy) is 1. The van der Waals surface area contributed by atoms with Crippen LogP contribution in [0.15, 0.2) is 29.2 Å². The normalized spacial score (nSPS) is 11.1. The van der Waals surface area contributed by atoms with Gasteiger partial charge in [-0.05, 0) is 24.1 Å². The summed E-state index contributed by atoms with van der Waals surface area (Å²) < 4.78 is 31.0. The molecule has 0 saturated carbocycles. The molecular formula is C16H22ClN3O6S. The summed E-state index contributed by atoms with van der Waals surface area (Å²) in [5.74, 6) is -1.36. The lowest BCUT2D eigenvalue weighted by Gasteiger charge is -2.09. The van der Waals surface area contributed by atoms with E-state index in [-0.39, 0.29) is 28.8 Å².